The summed E-state index contributed by atoms with van der Waals surface area (Å²) in [6.07, 6.45) is 4.40. The molecule has 2 aliphatic rings. The first-order valence-corrected chi connectivity index (χ1v) is 13.2. The van der Waals surface area contributed by atoms with Gasteiger partial charge in [-0.1, -0.05) is 36.7 Å². The van der Waals surface area contributed by atoms with Gasteiger partial charge in [-0.2, -0.15) is 0 Å². The van der Waals surface area contributed by atoms with Gasteiger partial charge in [-0.15, -0.1) is 0 Å². The van der Waals surface area contributed by atoms with E-state index in [1.807, 2.05) is 32.9 Å². The number of hydrogen-bond acceptors (Lipinski definition) is 5. The molecule has 2 aliphatic heterocycles. The van der Waals surface area contributed by atoms with E-state index in [4.69, 9.17) is 25.8 Å². The molecule has 2 aromatic carbocycles. The second kappa shape index (κ2) is 10.8. The van der Waals surface area contributed by atoms with E-state index >= 15 is 0 Å². The second-order valence-corrected chi connectivity index (χ2v) is 11.2. The minimum absolute atomic E-state index is 0.0777. The fraction of sp³-hybridized carbons (Fsp3) is 0.552. The summed E-state index contributed by atoms with van der Waals surface area (Å²) in [5.74, 6) is 1.63. The van der Waals surface area contributed by atoms with Crippen molar-refractivity contribution in [3.05, 3.63) is 58.1 Å². The van der Waals surface area contributed by atoms with Crippen LogP contribution in [0.15, 0.2) is 36.4 Å². The van der Waals surface area contributed by atoms with Gasteiger partial charge in [-0.3, -0.25) is 4.79 Å². The van der Waals surface area contributed by atoms with E-state index in [1.54, 1.807) is 0 Å². The van der Waals surface area contributed by atoms with Crippen molar-refractivity contribution < 1.29 is 19.0 Å². The van der Waals surface area contributed by atoms with Gasteiger partial charge in [-0.25, -0.2) is 0 Å². The number of ether oxygens (including phenoxy) is 3. The number of piperidine rings is 1. The van der Waals surface area contributed by atoms with Crippen LogP contribution in [0.1, 0.15) is 70.1 Å². The van der Waals surface area contributed by atoms with Gasteiger partial charge >= 0.3 is 5.97 Å². The van der Waals surface area contributed by atoms with Gasteiger partial charge < -0.3 is 19.1 Å². The van der Waals surface area contributed by atoms with Crippen LogP contribution in [0.3, 0.4) is 0 Å². The number of nitrogens with zero attached hydrogens (tertiary/aromatic N) is 1. The maximum atomic E-state index is 12.0. The molecule has 0 unspecified atom stereocenters. The Balaban J connectivity index is 1.29. The molecule has 2 aromatic rings. The summed E-state index contributed by atoms with van der Waals surface area (Å²) in [5, 5.41) is 0.733. The lowest BCUT2D eigenvalue weighted by atomic mass is 9.74. The van der Waals surface area contributed by atoms with Crippen molar-refractivity contribution in [1.29, 1.82) is 0 Å². The van der Waals surface area contributed by atoms with Crippen molar-refractivity contribution in [2.75, 3.05) is 26.2 Å². The summed E-state index contributed by atoms with van der Waals surface area (Å²) in [6.45, 7) is 12.0. The van der Waals surface area contributed by atoms with E-state index in [9.17, 15) is 4.79 Å². The number of benzene rings is 2. The Labute approximate surface area is 214 Å². The number of carbonyl (C=O) groups is 1. The molecule has 0 saturated carbocycles. The van der Waals surface area contributed by atoms with Crippen LogP contribution in [0.4, 0.5) is 0 Å². The minimum atomic E-state index is -0.414. The molecule has 1 fully saturated rings. The molecular formula is C29H38ClNO4. The third-order valence-electron chi connectivity index (χ3n) is 7.03. The highest BCUT2D eigenvalue weighted by Crippen LogP contribution is 2.46. The number of esters is 1. The Bertz CT molecular complexity index is 1040. The lowest BCUT2D eigenvalue weighted by Gasteiger charge is -2.38. The zero-order valence-corrected chi connectivity index (χ0v) is 22.2. The van der Waals surface area contributed by atoms with E-state index < -0.39 is 5.60 Å². The van der Waals surface area contributed by atoms with Crippen LogP contribution >= 0.6 is 11.6 Å². The molecule has 2 heterocycles. The molecule has 1 spiro atoms. The van der Waals surface area contributed by atoms with E-state index in [0.717, 1.165) is 74.0 Å². The zero-order chi connectivity index (χ0) is 25.1. The molecule has 5 nitrogen and oxygen atoms in total. The van der Waals surface area contributed by atoms with Crippen molar-refractivity contribution in [2.24, 2.45) is 0 Å². The largest absolute Gasteiger partial charge is 0.492 e. The van der Waals surface area contributed by atoms with Gasteiger partial charge in [0.1, 0.15) is 23.7 Å². The lowest BCUT2D eigenvalue weighted by Crippen LogP contribution is -2.44. The number of rotatable bonds is 8. The highest BCUT2D eigenvalue weighted by molar-refractivity contribution is 6.31. The molecule has 0 bridgehead atoms. The number of hydrogen-bond donors (Lipinski definition) is 0. The summed E-state index contributed by atoms with van der Waals surface area (Å²) >= 11 is 6.36. The average Bonchev–Trinajstić information content (AvgIpc) is 3.16. The fourth-order valence-corrected chi connectivity index (χ4v) is 5.19. The van der Waals surface area contributed by atoms with Gasteiger partial charge in [0.05, 0.1) is 6.61 Å². The van der Waals surface area contributed by atoms with Crippen LogP contribution in [0.25, 0.3) is 0 Å². The standard InChI is InChI=1S/C29H38ClNO4/c1-5-21-8-11-25(30)22(17-21)19-33-23-9-10-24-26(18-23)34-20-29(24)12-15-31(16-13-29)14-6-7-27(32)35-28(2,3)4/h8-11,17-18H,5-7,12-16,19-20H2,1-4H3. The first kappa shape index (κ1) is 25.8. The summed E-state index contributed by atoms with van der Waals surface area (Å²) in [4.78, 5) is 14.4. The first-order chi connectivity index (χ1) is 16.7. The molecule has 0 amide bonds. The van der Waals surface area contributed by atoms with Crippen LogP contribution in [0, 0.1) is 0 Å². The minimum Gasteiger partial charge on any atom is -0.492 e. The van der Waals surface area contributed by atoms with Crippen molar-refractivity contribution in [3.8, 4) is 11.5 Å². The Hall–Kier alpha value is -2.24. The molecule has 0 aromatic heterocycles. The number of fused-ring (bicyclic) bond motifs is 2. The van der Waals surface area contributed by atoms with E-state index in [2.05, 4.69) is 36.1 Å². The smallest absolute Gasteiger partial charge is 0.306 e. The predicted molar refractivity (Wildman–Crippen MR) is 140 cm³/mol. The molecular weight excluding hydrogens is 462 g/mol. The average molecular weight is 500 g/mol. The van der Waals surface area contributed by atoms with Crippen molar-refractivity contribution >= 4 is 17.6 Å². The molecule has 6 heteroatoms. The molecule has 190 valence electrons. The molecule has 0 radical (unpaired) electrons. The maximum absolute atomic E-state index is 12.0. The molecule has 0 aliphatic carbocycles. The molecule has 1 saturated heterocycles. The summed E-state index contributed by atoms with van der Waals surface area (Å²) in [6, 6.07) is 12.4. The van der Waals surface area contributed by atoms with Crippen LogP contribution in [0.2, 0.25) is 5.02 Å². The third kappa shape index (κ3) is 6.50. The van der Waals surface area contributed by atoms with Crippen LogP contribution in [0.5, 0.6) is 11.5 Å². The van der Waals surface area contributed by atoms with Crippen molar-refractivity contribution in [2.45, 2.75) is 77.4 Å². The van der Waals surface area contributed by atoms with E-state index in [0.29, 0.717) is 13.0 Å². The Morgan fingerprint density at radius 2 is 1.91 bits per heavy atom. The van der Waals surface area contributed by atoms with Gasteiger partial charge in [0, 0.05) is 34.1 Å². The highest BCUT2D eigenvalue weighted by Gasteiger charge is 2.43. The quantitative estimate of drug-likeness (QED) is 0.397. The molecule has 0 N–H and O–H groups in total. The predicted octanol–water partition coefficient (Wildman–Crippen LogP) is 6.33. The summed E-state index contributed by atoms with van der Waals surface area (Å²) < 4.78 is 17.6. The molecule has 0 atom stereocenters. The highest BCUT2D eigenvalue weighted by atomic mass is 35.5. The van der Waals surface area contributed by atoms with E-state index in [-0.39, 0.29) is 11.4 Å². The number of halogens is 1. The maximum Gasteiger partial charge on any atom is 0.306 e. The SMILES string of the molecule is CCc1ccc(Cl)c(COc2ccc3c(c2)OCC32CCN(CCCC(=O)OC(C)(C)C)CC2)c1. The Kier molecular flexibility index (Phi) is 7.97. The number of aryl methyl sites for hydroxylation is 1. The fourth-order valence-electron chi connectivity index (χ4n) is 5.02. The number of likely N-dealkylation sites (tertiary alicyclic amines) is 1. The topological polar surface area (TPSA) is 48.0 Å². The first-order valence-electron chi connectivity index (χ1n) is 12.8. The van der Waals surface area contributed by atoms with Crippen LogP contribution in [-0.4, -0.2) is 42.7 Å². The van der Waals surface area contributed by atoms with Crippen LogP contribution in [-0.2, 0) is 28.0 Å². The van der Waals surface area contributed by atoms with Crippen molar-refractivity contribution in [3.63, 3.8) is 0 Å². The van der Waals surface area contributed by atoms with Gasteiger partial charge in [0.15, 0.2) is 0 Å². The lowest BCUT2D eigenvalue weighted by molar-refractivity contribution is -0.155. The third-order valence-corrected chi connectivity index (χ3v) is 7.40. The molecule has 35 heavy (non-hydrogen) atoms. The van der Waals surface area contributed by atoms with Crippen LogP contribution < -0.4 is 9.47 Å². The van der Waals surface area contributed by atoms with Gasteiger partial charge in [0.2, 0.25) is 0 Å². The normalized spacial score (nSPS) is 17.2. The summed E-state index contributed by atoms with van der Waals surface area (Å²) in [5.41, 5.74) is 3.22. The molecule has 4 rings (SSSR count). The van der Waals surface area contributed by atoms with Crippen molar-refractivity contribution in [1.82, 2.24) is 4.90 Å². The van der Waals surface area contributed by atoms with E-state index in [1.165, 1.54) is 11.1 Å². The van der Waals surface area contributed by atoms with Gasteiger partial charge in [0.25, 0.3) is 0 Å². The summed E-state index contributed by atoms with van der Waals surface area (Å²) in [7, 11) is 0. The monoisotopic (exact) mass is 499 g/mol. The second-order valence-electron chi connectivity index (χ2n) is 10.8. The Morgan fingerprint density at radius 3 is 2.63 bits per heavy atom. The number of carbonyl (C=O) groups excluding carboxylic acids is 1. The van der Waals surface area contributed by atoms with Gasteiger partial charge in [-0.05, 0) is 83.8 Å². The Morgan fingerprint density at radius 1 is 1.14 bits per heavy atom. The zero-order valence-electron chi connectivity index (χ0n) is 21.5.